The lowest BCUT2D eigenvalue weighted by molar-refractivity contribution is 0.101. The van der Waals surface area contributed by atoms with Gasteiger partial charge < -0.3 is 0 Å². The van der Waals surface area contributed by atoms with Crippen LogP contribution in [0.25, 0.3) is 21.5 Å². The minimum absolute atomic E-state index is 0.0274. The predicted octanol–water partition coefficient (Wildman–Crippen LogP) is 3.81. The summed E-state index contributed by atoms with van der Waals surface area (Å²) in [6, 6.07) is 16.9. The Hall–Kier alpha value is -3.68. The van der Waals surface area contributed by atoms with E-state index in [-0.39, 0.29) is 28.0 Å². The topological polar surface area (TPSA) is 88.4 Å². The van der Waals surface area contributed by atoms with Crippen molar-refractivity contribution in [2.75, 3.05) is 0 Å². The molecular weight excluding hydrogens is 286 g/mol. The number of Topliss-reactive ketones (excluding diaryl/α,β-unsaturated/α-hetero) is 1. The van der Waals surface area contributed by atoms with Crippen molar-refractivity contribution >= 4 is 27.3 Å². The lowest BCUT2D eigenvalue weighted by atomic mass is 9.86. The van der Waals surface area contributed by atoms with Crippen molar-refractivity contribution in [3.05, 3.63) is 58.7 Å². The molecule has 23 heavy (non-hydrogen) atoms. The summed E-state index contributed by atoms with van der Waals surface area (Å²) in [5, 5.41) is 31.1. The number of carbonyl (C=O) groups excluding carboxylic acids is 1. The molecule has 3 rings (SSSR count). The highest BCUT2D eigenvalue weighted by atomic mass is 16.1. The van der Waals surface area contributed by atoms with Crippen molar-refractivity contribution in [3.63, 3.8) is 0 Å². The molecule has 0 atom stereocenters. The molecule has 3 aromatic rings. The Balaban J connectivity index is 2.78. The minimum Gasteiger partial charge on any atom is -0.294 e. The first-order valence-corrected chi connectivity index (χ1v) is 6.86. The molecule has 0 aliphatic heterocycles. The quantitative estimate of drug-likeness (QED) is 0.504. The van der Waals surface area contributed by atoms with E-state index in [1.165, 1.54) is 6.92 Å². The molecule has 0 aromatic heterocycles. The van der Waals surface area contributed by atoms with Crippen LogP contribution in [0.5, 0.6) is 0 Å². The number of hydrogen-bond donors (Lipinski definition) is 0. The number of rotatable bonds is 1. The van der Waals surface area contributed by atoms with Gasteiger partial charge in [0.25, 0.3) is 0 Å². The fourth-order valence-corrected chi connectivity index (χ4v) is 2.95. The van der Waals surface area contributed by atoms with Gasteiger partial charge >= 0.3 is 0 Å². The average molecular weight is 295 g/mol. The minimum atomic E-state index is -0.302. The number of nitriles is 3. The van der Waals surface area contributed by atoms with E-state index in [0.717, 1.165) is 10.8 Å². The summed E-state index contributed by atoms with van der Waals surface area (Å²) in [6.45, 7) is 1.37. The summed E-state index contributed by atoms with van der Waals surface area (Å²) in [6.07, 6.45) is 0. The van der Waals surface area contributed by atoms with Gasteiger partial charge in [-0.15, -0.1) is 0 Å². The van der Waals surface area contributed by atoms with Crippen molar-refractivity contribution in [2.45, 2.75) is 6.92 Å². The molecule has 106 valence electrons. The molecule has 0 heterocycles. The molecule has 0 saturated heterocycles. The van der Waals surface area contributed by atoms with Crippen LogP contribution in [0.15, 0.2) is 36.4 Å². The lowest BCUT2D eigenvalue weighted by Crippen LogP contribution is -2.04. The second-order valence-electron chi connectivity index (χ2n) is 5.10. The molecule has 0 radical (unpaired) electrons. The maximum atomic E-state index is 12.2. The van der Waals surface area contributed by atoms with Crippen LogP contribution in [0, 0.1) is 34.0 Å². The average Bonchev–Trinajstić information content (AvgIpc) is 2.58. The van der Waals surface area contributed by atoms with Crippen molar-refractivity contribution in [1.82, 2.24) is 0 Å². The third-order valence-electron chi connectivity index (χ3n) is 3.89. The molecule has 0 aliphatic carbocycles. The number of carbonyl (C=O) groups is 1. The fraction of sp³-hybridized carbons (Fsp3) is 0.0526. The molecule has 0 spiro atoms. The van der Waals surface area contributed by atoms with E-state index in [1.54, 1.807) is 6.07 Å². The Labute approximate surface area is 132 Å². The van der Waals surface area contributed by atoms with Crippen LogP contribution >= 0.6 is 0 Å². The van der Waals surface area contributed by atoms with Gasteiger partial charge in [0.15, 0.2) is 5.78 Å². The first kappa shape index (κ1) is 14.3. The second kappa shape index (κ2) is 5.26. The zero-order valence-corrected chi connectivity index (χ0v) is 12.2. The van der Waals surface area contributed by atoms with E-state index in [9.17, 15) is 20.6 Å². The monoisotopic (exact) mass is 295 g/mol. The van der Waals surface area contributed by atoms with E-state index in [0.29, 0.717) is 10.8 Å². The summed E-state index contributed by atoms with van der Waals surface area (Å²) in [4.78, 5) is 12.2. The first-order valence-electron chi connectivity index (χ1n) is 6.86. The van der Waals surface area contributed by atoms with E-state index >= 15 is 0 Å². The van der Waals surface area contributed by atoms with Crippen LogP contribution in [-0.2, 0) is 0 Å². The zero-order valence-electron chi connectivity index (χ0n) is 12.2. The Morgan fingerprint density at radius 2 is 1.48 bits per heavy atom. The molecule has 0 N–H and O–H groups in total. The van der Waals surface area contributed by atoms with Crippen LogP contribution in [0.3, 0.4) is 0 Å². The molecule has 0 saturated carbocycles. The lowest BCUT2D eigenvalue weighted by Gasteiger charge is -2.13. The number of benzene rings is 3. The van der Waals surface area contributed by atoms with Gasteiger partial charge in [0.1, 0.15) is 18.2 Å². The second-order valence-corrected chi connectivity index (χ2v) is 5.10. The third-order valence-corrected chi connectivity index (χ3v) is 3.89. The molecule has 0 unspecified atom stereocenters. The smallest absolute Gasteiger partial charge is 0.161 e. The van der Waals surface area contributed by atoms with Gasteiger partial charge in [0.2, 0.25) is 0 Å². The Morgan fingerprint density at radius 3 is 2.09 bits per heavy atom. The number of hydrogen-bond acceptors (Lipinski definition) is 4. The standard InChI is InChI=1S/C19H9N3O/c1-11(23)18-17(10-22)16(9-21)15(8-20)14-7-6-12-4-2-3-5-13(12)19(14)18/h2-7H,1H3. The third kappa shape index (κ3) is 1.93. The van der Waals surface area contributed by atoms with Gasteiger partial charge in [-0.2, -0.15) is 15.8 Å². The first-order chi connectivity index (χ1) is 11.1. The number of ketones is 1. The molecular formula is C19H9N3O. The summed E-state index contributed by atoms with van der Waals surface area (Å²) < 4.78 is 0. The number of nitrogens with zero attached hydrogens (tertiary/aromatic N) is 3. The van der Waals surface area contributed by atoms with Crippen molar-refractivity contribution in [2.24, 2.45) is 0 Å². The molecule has 3 aromatic carbocycles. The van der Waals surface area contributed by atoms with Gasteiger partial charge in [-0.3, -0.25) is 4.79 Å². The van der Waals surface area contributed by atoms with Gasteiger partial charge in [-0.05, 0) is 17.7 Å². The Kier molecular flexibility index (Phi) is 3.26. The zero-order chi connectivity index (χ0) is 16.6. The predicted molar refractivity (Wildman–Crippen MR) is 85.6 cm³/mol. The molecule has 0 fully saturated rings. The Bertz CT molecular complexity index is 1120. The summed E-state index contributed by atoms with van der Waals surface area (Å²) in [7, 11) is 0. The van der Waals surface area contributed by atoms with Crippen LogP contribution in [-0.4, -0.2) is 5.78 Å². The van der Waals surface area contributed by atoms with Crippen molar-refractivity contribution in [3.8, 4) is 18.2 Å². The van der Waals surface area contributed by atoms with Crippen LogP contribution in [0.2, 0.25) is 0 Å². The van der Waals surface area contributed by atoms with Crippen molar-refractivity contribution in [1.29, 1.82) is 15.8 Å². The molecule has 0 amide bonds. The maximum absolute atomic E-state index is 12.2. The Morgan fingerprint density at radius 1 is 0.826 bits per heavy atom. The van der Waals surface area contributed by atoms with E-state index in [1.807, 2.05) is 48.5 Å². The summed E-state index contributed by atoms with van der Waals surface area (Å²) in [5.41, 5.74) is 0.271. The molecule has 4 heteroatoms. The fourth-order valence-electron chi connectivity index (χ4n) is 2.95. The van der Waals surface area contributed by atoms with E-state index < -0.39 is 0 Å². The van der Waals surface area contributed by atoms with Gasteiger partial charge in [-0.1, -0.05) is 36.4 Å². The van der Waals surface area contributed by atoms with E-state index in [2.05, 4.69) is 0 Å². The van der Waals surface area contributed by atoms with Crippen LogP contribution in [0.4, 0.5) is 0 Å². The highest BCUT2D eigenvalue weighted by Crippen LogP contribution is 2.35. The highest BCUT2D eigenvalue weighted by molar-refractivity contribution is 6.20. The number of fused-ring (bicyclic) bond motifs is 3. The van der Waals surface area contributed by atoms with Gasteiger partial charge in [0, 0.05) is 16.3 Å². The van der Waals surface area contributed by atoms with Gasteiger partial charge in [-0.25, -0.2) is 0 Å². The molecule has 0 aliphatic rings. The summed E-state index contributed by atoms with van der Waals surface area (Å²) >= 11 is 0. The van der Waals surface area contributed by atoms with Gasteiger partial charge in [0.05, 0.1) is 16.7 Å². The highest BCUT2D eigenvalue weighted by Gasteiger charge is 2.23. The largest absolute Gasteiger partial charge is 0.294 e. The maximum Gasteiger partial charge on any atom is 0.161 e. The molecule has 0 bridgehead atoms. The normalized spacial score (nSPS) is 10.0. The van der Waals surface area contributed by atoms with Crippen LogP contribution < -0.4 is 0 Å². The van der Waals surface area contributed by atoms with Crippen molar-refractivity contribution < 1.29 is 4.79 Å². The van der Waals surface area contributed by atoms with E-state index in [4.69, 9.17) is 0 Å². The molecule has 4 nitrogen and oxygen atoms in total. The summed E-state index contributed by atoms with van der Waals surface area (Å²) in [5.74, 6) is -0.302. The van der Waals surface area contributed by atoms with Crippen LogP contribution in [0.1, 0.15) is 34.0 Å². The SMILES string of the molecule is CC(=O)c1c(C#N)c(C#N)c(C#N)c2ccc3ccccc3c12.